The van der Waals surface area contributed by atoms with Gasteiger partial charge in [-0.15, -0.1) is 0 Å². The molecule has 0 radical (unpaired) electrons. The lowest BCUT2D eigenvalue weighted by Crippen LogP contribution is -2.23. The zero-order chi connectivity index (χ0) is 19.3. The number of carbonyl (C=O) groups excluding carboxylic acids is 1. The van der Waals surface area contributed by atoms with Crippen LogP contribution in [0.4, 0.5) is 5.69 Å². The fraction of sp³-hybridized carbons (Fsp3) is 0.368. The van der Waals surface area contributed by atoms with Gasteiger partial charge in [-0.05, 0) is 37.5 Å². The number of hydrogen-bond acceptors (Lipinski definition) is 3. The number of aromatic nitrogens is 1. The van der Waals surface area contributed by atoms with E-state index in [9.17, 15) is 9.59 Å². The molecular formula is C19H22Cl2N2O3. The Balaban J connectivity index is 2.05. The summed E-state index contributed by atoms with van der Waals surface area (Å²) < 4.78 is 7.46. The molecule has 0 aliphatic carbocycles. The van der Waals surface area contributed by atoms with Crippen molar-refractivity contribution in [2.24, 2.45) is 5.92 Å². The molecule has 0 unspecified atom stereocenters. The molecule has 0 aliphatic rings. The smallest absolute Gasteiger partial charge is 0.262 e. The van der Waals surface area contributed by atoms with E-state index in [0.717, 1.165) is 13.0 Å². The van der Waals surface area contributed by atoms with E-state index in [1.54, 1.807) is 24.4 Å². The third-order valence-corrected chi connectivity index (χ3v) is 4.27. The van der Waals surface area contributed by atoms with Gasteiger partial charge in [-0.1, -0.05) is 37.0 Å². The number of ether oxygens (including phenoxy) is 1. The molecule has 1 N–H and O–H groups in total. The summed E-state index contributed by atoms with van der Waals surface area (Å²) in [6.45, 7) is 6.59. The van der Waals surface area contributed by atoms with Crippen LogP contribution in [-0.2, 0) is 11.3 Å². The van der Waals surface area contributed by atoms with E-state index in [2.05, 4.69) is 19.2 Å². The number of nitrogens with one attached hydrogen (secondary N) is 1. The number of hydrogen-bond donors (Lipinski definition) is 1. The largest absolute Gasteiger partial charge is 0.478 e. The minimum atomic E-state index is -0.403. The van der Waals surface area contributed by atoms with Gasteiger partial charge in [-0.2, -0.15) is 0 Å². The Kier molecular flexibility index (Phi) is 7.12. The quantitative estimate of drug-likeness (QED) is 0.747. The molecule has 1 amide bonds. The zero-order valence-corrected chi connectivity index (χ0v) is 16.5. The van der Waals surface area contributed by atoms with E-state index in [1.807, 2.05) is 11.5 Å². The summed E-state index contributed by atoms with van der Waals surface area (Å²) in [5.74, 6) is 0.337. The van der Waals surface area contributed by atoms with Crippen LogP contribution in [0.15, 0.2) is 35.3 Å². The van der Waals surface area contributed by atoms with Crippen molar-refractivity contribution < 1.29 is 9.53 Å². The molecule has 1 aromatic carbocycles. The molecule has 5 nitrogen and oxygen atoms in total. The van der Waals surface area contributed by atoms with Gasteiger partial charge in [-0.3, -0.25) is 9.59 Å². The summed E-state index contributed by atoms with van der Waals surface area (Å²) in [5, 5.41) is 3.48. The van der Waals surface area contributed by atoms with E-state index in [4.69, 9.17) is 27.9 Å². The molecule has 1 heterocycles. The van der Waals surface area contributed by atoms with Gasteiger partial charge in [0.25, 0.3) is 5.91 Å². The fourth-order valence-electron chi connectivity index (χ4n) is 2.43. The third-order valence-electron chi connectivity index (χ3n) is 3.83. The Hall–Kier alpha value is -1.98. The molecule has 7 heteroatoms. The molecule has 0 aliphatic heterocycles. The van der Waals surface area contributed by atoms with Crippen molar-refractivity contribution in [2.75, 3.05) is 11.9 Å². The van der Waals surface area contributed by atoms with Crippen LogP contribution in [0.1, 0.15) is 26.0 Å². The van der Waals surface area contributed by atoms with Crippen LogP contribution in [0.3, 0.4) is 0 Å². The summed E-state index contributed by atoms with van der Waals surface area (Å²) in [4.78, 5) is 24.2. The number of anilines is 1. The number of pyridine rings is 1. The third kappa shape index (κ3) is 5.78. The van der Waals surface area contributed by atoms with Gasteiger partial charge in [0, 0.05) is 34.5 Å². The van der Waals surface area contributed by atoms with Gasteiger partial charge >= 0.3 is 0 Å². The lowest BCUT2D eigenvalue weighted by atomic mass is 10.1. The second kappa shape index (κ2) is 9.10. The number of nitrogens with zero attached hydrogens (tertiary/aromatic N) is 1. The SMILES string of the molecule is Cc1c(OCC(=O)Nc2cc(Cl)cc(Cl)c2)c(=O)ccn1CCC(C)C. The van der Waals surface area contributed by atoms with Gasteiger partial charge < -0.3 is 14.6 Å². The van der Waals surface area contributed by atoms with Crippen LogP contribution in [0, 0.1) is 12.8 Å². The van der Waals surface area contributed by atoms with Gasteiger partial charge in [0.2, 0.25) is 5.43 Å². The minimum Gasteiger partial charge on any atom is -0.478 e. The summed E-state index contributed by atoms with van der Waals surface area (Å²) in [5.41, 5.74) is 0.925. The first-order chi connectivity index (χ1) is 12.3. The molecule has 0 saturated heterocycles. The normalized spacial score (nSPS) is 10.8. The molecule has 0 spiro atoms. The fourth-order valence-corrected chi connectivity index (χ4v) is 2.96. The van der Waals surface area contributed by atoms with Crippen LogP contribution >= 0.6 is 23.2 Å². The molecule has 0 saturated carbocycles. The molecule has 26 heavy (non-hydrogen) atoms. The van der Waals surface area contributed by atoms with Crippen molar-refractivity contribution in [3.05, 3.63) is 56.4 Å². The molecule has 2 aromatic rings. The van der Waals surface area contributed by atoms with Crippen molar-refractivity contribution in [3.63, 3.8) is 0 Å². The molecule has 0 atom stereocenters. The molecule has 140 valence electrons. The maximum Gasteiger partial charge on any atom is 0.262 e. The van der Waals surface area contributed by atoms with Crippen molar-refractivity contribution in [1.29, 1.82) is 0 Å². The van der Waals surface area contributed by atoms with Gasteiger partial charge in [0.05, 0.1) is 5.69 Å². The highest BCUT2D eigenvalue weighted by Crippen LogP contribution is 2.22. The topological polar surface area (TPSA) is 60.3 Å². The second-order valence-electron chi connectivity index (χ2n) is 6.47. The number of aryl methyl sites for hydroxylation is 1. The standard InChI is InChI=1S/C19H22Cl2N2O3/c1-12(2)4-6-23-7-5-17(24)19(13(23)3)26-11-18(25)22-16-9-14(20)8-15(21)10-16/h5,7-10,12H,4,6,11H2,1-3H3,(H,22,25). The predicted molar refractivity (Wildman–Crippen MR) is 105 cm³/mol. The molecular weight excluding hydrogens is 375 g/mol. The Labute approximate surface area is 162 Å². The Bertz CT molecular complexity index is 827. The van der Waals surface area contributed by atoms with Gasteiger partial charge in [0.15, 0.2) is 12.4 Å². The first kappa shape index (κ1) is 20.3. The van der Waals surface area contributed by atoms with Crippen molar-refractivity contribution in [3.8, 4) is 5.75 Å². The molecule has 1 aromatic heterocycles. The van der Waals surface area contributed by atoms with Crippen LogP contribution in [-0.4, -0.2) is 17.1 Å². The lowest BCUT2D eigenvalue weighted by Gasteiger charge is -2.15. The Morgan fingerprint density at radius 3 is 2.50 bits per heavy atom. The van der Waals surface area contributed by atoms with Crippen molar-refractivity contribution in [2.45, 2.75) is 33.7 Å². The summed E-state index contributed by atoms with van der Waals surface area (Å²) in [6.07, 6.45) is 2.74. The number of halogens is 2. The van der Waals surface area contributed by atoms with Crippen molar-refractivity contribution >= 4 is 34.8 Å². The monoisotopic (exact) mass is 396 g/mol. The van der Waals surface area contributed by atoms with Crippen molar-refractivity contribution in [1.82, 2.24) is 4.57 Å². The average Bonchev–Trinajstić information content (AvgIpc) is 2.52. The second-order valence-corrected chi connectivity index (χ2v) is 7.34. The number of carbonyl (C=O) groups is 1. The van der Waals surface area contributed by atoms with Crippen LogP contribution < -0.4 is 15.5 Å². The van der Waals surface area contributed by atoms with E-state index in [-0.39, 0.29) is 17.8 Å². The average molecular weight is 397 g/mol. The van der Waals surface area contributed by atoms with Gasteiger partial charge in [-0.25, -0.2) is 0 Å². The highest BCUT2D eigenvalue weighted by Gasteiger charge is 2.12. The van der Waals surface area contributed by atoms with Crippen LogP contribution in [0.5, 0.6) is 5.75 Å². The van der Waals surface area contributed by atoms with E-state index in [0.29, 0.717) is 27.3 Å². The maximum absolute atomic E-state index is 12.1. The van der Waals surface area contributed by atoms with E-state index >= 15 is 0 Å². The van der Waals surface area contributed by atoms with E-state index < -0.39 is 5.91 Å². The maximum atomic E-state index is 12.1. The number of amides is 1. The summed E-state index contributed by atoms with van der Waals surface area (Å²) >= 11 is 11.8. The van der Waals surface area contributed by atoms with E-state index in [1.165, 1.54) is 6.07 Å². The first-order valence-corrected chi connectivity index (χ1v) is 9.10. The van der Waals surface area contributed by atoms with Crippen LogP contribution in [0.2, 0.25) is 10.0 Å². The predicted octanol–water partition coefficient (Wildman–Crippen LogP) is 4.53. The minimum absolute atomic E-state index is 0.190. The summed E-state index contributed by atoms with van der Waals surface area (Å²) in [6, 6.07) is 6.19. The highest BCUT2D eigenvalue weighted by atomic mass is 35.5. The first-order valence-electron chi connectivity index (χ1n) is 8.35. The zero-order valence-electron chi connectivity index (χ0n) is 15.0. The number of rotatable bonds is 7. The van der Waals surface area contributed by atoms with Crippen LogP contribution in [0.25, 0.3) is 0 Å². The number of benzene rings is 1. The Morgan fingerprint density at radius 2 is 1.88 bits per heavy atom. The molecule has 0 fully saturated rings. The van der Waals surface area contributed by atoms with Gasteiger partial charge in [0.1, 0.15) is 0 Å². The highest BCUT2D eigenvalue weighted by molar-refractivity contribution is 6.35. The summed E-state index contributed by atoms with van der Waals surface area (Å²) in [7, 11) is 0. The lowest BCUT2D eigenvalue weighted by molar-refractivity contribution is -0.118. The Morgan fingerprint density at radius 1 is 1.23 bits per heavy atom. The molecule has 0 bridgehead atoms. The molecule has 2 rings (SSSR count).